The van der Waals surface area contributed by atoms with Crippen LogP contribution in [0.25, 0.3) is 0 Å². The van der Waals surface area contributed by atoms with Crippen molar-refractivity contribution in [2.24, 2.45) is 0 Å². The van der Waals surface area contributed by atoms with E-state index in [1.807, 2.05) is 0 Å². The maximum absolute atomic E-state index is 12.0. The van der Waals surface area contributed by atoms with Gasteiger partial charge in [0.15, 0.2) is 24.1 Å². The van der Waals surface area contributed by atoms with Crippen LogP contribution < -0.4 is 9.47 Å². The molecule has 0 radical (unpaired) electrons. The number of carbonyl (C=O) groups is 3. The predicted molar refractivity (Wildman–Crippen MR) is 81.1 cm³/mol. The van der Waals surface area contributed by atoms with Crippen LogP contribution in [-0.2, 0) is 33.3 Å². The zero-order valence-corrected chi connectivity index (χ0v) is 14.2. The molecular weight excluding hydrogens is 350 g/mol. The third-order valence-corrected chi connectivity index (χ3v) is 3.77. The van der Waals surface area contributed by atoms with Crippen molar-refractivity contribution >= 4 is 17.9 Å². The molecular formula is C16H17NO9. The molecule has 0 spiro atoms. The van der Waals surface area contributed by atoms with Gasteiger partial charge in [-0.05, 0) is 12.1 Å². The first-order valence-corrected chi connectivity index (χ1v) is 7.76. The molecule has 0 aliphatic carbocycles. The van der Waals surface area contributed by atoms with Crippen LogP contribution in [0.2, 0.25) is 0 Å². The average Bonchev–Trinajstić information content (AvgIpc) is 2.80. The van der Waals surface area contributed by atoms with E-state index >= 15 is 0 Å². The molecule has 26 heavy (non-hydrogen) atoms. The van der Waals surface area contributed by atoms with E-state index in [-0.39, 0.29) is 5.88 Å². The van der Waals surface area contributed by atoms with Gasteiger partial charge in [-0.25, -0.2) is 9.78 Å². The van der Waals surface area contributed by atoms with Gasteiger partial charge in [0.25, 0.3) is 5.88 Å². The fourth-order valence-electron chi connectivity index (χ4n) is 2.80. The lowest BCUT2D eigenvalue weighted by molar-refractivity contribution is -0.246. The fraction of sp³-hybridized carbons (Fsp3) is 0.500. The standard InChI is InChI=1S/C16H17NO9/c1-7(18)22-10-11-13(23-8(2)19)16(25-12(10)15(20)24-11)26-14-9(21-3)5-4-6-17-14/h4-6,10-13,16H,1-3H3/t10-,11+,12+,13-,16+/m1/s1. The van der Waals surface area contributed by atoms with Crippen molar-refractivity contribution in [3.63, 3.8) is 0 Å². The number of ether oxygens (including phenoxy) is 6. The summed E-state index contributed by atoms with van der Waals surface area (Å²) in [6.45, 7) is 2.37. The third-order valence-electron chi connectivity index (χ3n) is 3.77. The minimum absolute atomic E-state index is 0.0786. The predicted octanol–water partition coefficient (Wildman–Crippen LogP) is -0.0173. The number of nitrogens with zero attached hydrogens (tertiary/aromatic N) is 1. The highest BCUT2D eigenvalue weighted by Crippen LogP contribution is 2.36. The lowest BCUT2D eigenvalue weighted by Crippen LogP contribution is -2.58. The van der Waals surface area contributed by atoms with Crippen LogP contribution >= 0.6 is 0 Å². The largest absolute Gasteiger partial charge is 0.491 e. The summed E-state index contributed by atoms with van der Waals surface area (Å²) in [5, 5.41) is 0. The van der Waals surface area contributed by atoms with E-state index in [4.69, 9.17) is 28.4 Å². The third kappa shape index (κ3) is 3.40. The molecule has 2 fully saturated rings. The normalized spacial score (nSPS) is 29.5. The Bertz CT molecular complexity index is 721. The Morgan fingerprint density at radius 3 is 2.50 bits per heavy atom. The van der Waals surface area contributed by atoms with Gasteiger partial charge in [0.05, 0.1) is 7.11 Å². The molecule has 10 nitrogen and oxygen atoms in total. The Labute approximate surface area is 148 Å². The van der Waals surface area contributed by atoms with Crippen LogP contribution in [0.3, 0.4) is 0 Å². The van der Waals surface area contributed by atoms with Crippen molar-refractivity contribution in [2.45, 2.75) is 44.6 Å². The van der Waals surface area contributed by atoms with E-state index in [0.29, 0.717) is 5.75 Å². The SMILES string of the molecule is COc1cccnc1O[C@@H]1O[C@@H]2C(=O)O[C@@H]([C@H]2OC(C)=O)[C@H]1OC(C)=O. The number of hydrogen-bond acceptors (Lipinski definition) is 10. The van der Waals surface area contributed by atoms with Gasteiger partial charge in [-0.3, -0.25) is 9.59 Å². The van der Waals surface area contributed by atoms with Gasteiger partial charge >= 0.3 is 17.9 Å². The second-order valence-electron chi connectivity index (χ2n) is 5.60. The zero-order valence-electron chi connectivity index (χ0n) is 14.2. The molecule has 0 N–H and O–H groups in total. The summed E-state index contributed by atoms with van der Waals surface area (Å²) < 4.78 is 31.9. The maximum Gasteiger partial charge on any atom is 0.340 e. The Morgan fingerprint density at radius 1 is 1.15 bits per heavy atom. The van der Waals surface area contributed by atoms with Crippen molar-refractivity contribution in [1.82, 2.24) is 4.98 Å². The molecule has 10 heteroatoms. The monoisotopic (exact) mass is 367 g/mol. The van der Waals surface area contributed by atoms with Crippen LogP contribution in [0.5, 0.6) is 11.6 Å². The molecule has 0 saturated carbocycles. The minimum atomic E-state index is -1.21. The Hall–Kier alpha value is -2.88. The highest BCUT2D eigenvalue weighted by Gasteiger charge is 2.61. The van der Waals surface area contributed by atoms with Crippen molar-refractivity contribution in [3.05, 3.63) is 18.3 Å². The number of carbonyl (C=O) groups excluding carboxylic acids is 3. The molecule has 1 aromatic heterocycles. The second-order valence-corrected chi connectivity index (χ2v) is 5.60. The summed E-state index contributed by atoms with van der Waals surface area (Å²) in [5.41, 5.74) is 0. The van der Waals surface area contributed by atoms with Gasteiger partial charge in [0, 0.05) is 20.0 Å². The van der Waals surface area contributed by atoms with Crippen molar-refractivity contribution in [1.29, 1.82) is 0 Å². The van der Waals surface area contributed by atoms with Crippen LogP contribution in [0, 0.1) is 0 Å². The molecule has 0 aromatic carbocycles. The number of rotatable bonds is 5. The van der Waals surface area contributed by atoms with Crippen molar-refractivity contribution in [3.8, 4) is 11.6 Å². The van der Waals surface area contributed by atoms with Gasteiger partial charge in [0.2, 0.25) is 12.4 Å². The quantitative estimate of drug-likeness (QED) is 0.519. The van der Waals surface area contributed by atoms with Gasteiger partial charge in [-0.2, -0.15) is 0 Å². The van der Waals surface area contributed by atoms with Crippen molar-refractivity contribution in [2.75, 3.05) is 7.11 Å². The Morgan fingerprint density at radius 2 is 1.85 bits per heavy atom. The highest BCUT2D eigenvalue weighted by atomic mass is 16.8. The molecule has 140 valence electrons. The Balaban J connectivity index is 1.89. The van der Waals surface area contributed by atoms with E-state index in [9.17, 15) is 14.4 Å². The lowest BCUT2D eigenvalue weighted by Gasteiger charge is -2.36. The van der Waals surface area contributed by atoms with E-state index in [1.165, 1.54) is 27.2 Å². The first-order valence-electron chi connectivity index (χ1n) is 7.76. The number of esters is 3. The molecule has 0 amide bonds. The Kier molecular flexibility index (Phi) is 4.94. The smallest absolute Gasteiger partial charge is 0.340 e. The van der Waals surface area contributed by atoms with Crippen LogP contribution in [0.15, 0.2) is 18.3 Å². The summed E-state index contributed by atoms with van der Waals surface area (Å²) in [5.74, 6) is -1.62. The first-order chi connectivity index (χ1) is 12.4. The van der Waals surface area contributed by atoms with Crippen molar-refractivity contribution < 1.29 is 42.8 Å². The molecule has 1 aromatic rings. The summed E-state index contributed by atoms with van der Waals surface area (Å²) in [7, 11) is 1.43. The molecule has 5 atom stereocenters. The average molecular weight is 367 g/mol. The summed E-state index contributed by atoms with van der Waals surface area (Å²) >= 11 is 0. The summed E-state index contributed by atoms with van der Waals surface area (Å²) in [6.07, 6.45) is -4.21. The van der Waals surface area contributed by atoms with E-state index in [2.05, 4.69) is 4.98 Å². The minimum Gasteiger partial charge on any atom is -0.491 e. The molecule has 3 heterocycles. The van der Waals surface area contributed by atoms with Gasteiger partial charge in [0.1, 0.15) is 0 Å². The van der Waals surface area contributed by atoms with E-state index in [0.717, 1.165) is 0 Å². The van der Waals surface area contributed by atoms with Crippen LogP contribution in [-0.4, -0.2) is 60.7 Å². The number of pyridine rings is 1. The molecule has 2 saturated heterocycles. The summed E-state index contributed by atoms with van der Waals surface area (Å²) in [4.78, 5) is 38.9. The fourth-order valence-corrected chi connectivity index (χ4v) is 2.80. The second kappa shape index (κ2) is 7.16. The lowest BCUT2D eigenvalue weighted by atomic mass is 10.0. The maximum atomic E-state index is 12.0. The zero-order chi connectivity index (χ0) is 18.8. The number of aromatic nitrogens is 1. The number of methoxy groups -OCH3 is 1. The summed E-state index contributed by atoms with van der Waals surface area (Å²) in [6, 6.07) is 3.26. The molecule has 0 unspecified atom stereocenters. The molecule has 2 aliphatic heterocycles. The van der Waals surface area contributed by atoms with Crippen LogP contribution in [0.4, 0.5) is 0 Å². The van der Waals surface area contributed by atoms with Crippen LogP contribution in [0.1, 0.15) is 13.8 Å². The van der Waals surface area contributed by atoms with E-state index in [1.54, 1.807) is 12.1 Å². The topological polar surface area (TPSA) is 119 Å². The number of fused-ring (bicyclic) bond motifs is 2. The van der Waals surface area contributed by atoms with Gasteiger partial charge < -0.3 is 28.4 Å². The highest BCUT2D eigenvalue weighted by molar-refractivity contribution is 5.80. The van der Waals surface area contributed by atoms with Gasteiger partial charge in [-0.15, -0.1) is 0 Å². The van der Waals surface area contributed by atoms with E-state index < -0.39 is 48.6 Å². The number of hydrogen-bond donors (Lipinski definition) is 0. The molecule has 2 aliphatic rings. The van der Waals surface area contributed by atoms with Gasteiger partial charge in [-0.1, -0.05) is 0 Å². The molecule has 3 rings (SSSR count). The first kappa shape index (κ1) is 17.9. The molecule has 2 bridgehead atoms.